The number of ether oxygens (including phenoxy) is 4. The van der Waals surface area contributed by atoms with Crippen LogP contribution in [-0.2, 0) is 65.4 Å². The van der Waals surface area contributed by atoms with E-state index in [0.717, 1.165) is 103 Å². The second kappa shape index (κ2) is 51.2. The molecule has 0 amide bonds. The van der Waals surface area contributed by atoms with Crippen molar-refractivity contribution in [3.8, 4) is 0 Å². The Balaban J connectivity index is 5.18. The minimum atomic E-state index is -4.93. The molecule has 0 aliphatic carbocycles. The van der Waals surface area contributed by atoms with E-state index < -0.39 is 97.5 Å². The van der Waals surface area contributed by atoms with Gasteiger partial charge in [-0.2, -0.15) is 0 Å². The van der Waals surface area contributed by atoms with Crippen LogP contribution < -0.4 is 0 Å². The maximum atomic E-state index is 12.9. The first-order valence-electron chi connectivity index (χ1n) is 30.1. The molecule has 5 atom stereocenters. The molecular weight excluding hydrogens is 1020 g/mol. The lowest BCUT2D eigenvalue weighted by Crippen LogP contribution is -2.30. The van der Waals surface area contributed by atoms with Gasteiger partial charge in [-0.05, 0) is 31.6 Å². The zero-order chi connectivity index (χ0) is 56.4. The van der Waals surface area contributed by atoms with Crippen molar-refractivity contribution >= 4 is 39.5 Å². The number of carbonyl (C=O) groups excluding carboxylic acids is 4. The number of carbonyl (C=O) groups is 4. The molecule has 2 unspecified atom stereocenters. The van der Waals surface area contributed by atoms with Crippen molar-refractivity contribution in [2.45, 2.75) is 297 Å². The molecule has 0 aromatic rings. The van der Waals surface area contributed by atoms with Crippen LogP contribution in [0.25, 0.3) is 0 Å². The first-order chi connectivity index (χ1) is 36.5. The second-order valence-corrected chi connectivity index (χ2v) is 24.1. The SMILES string of the molecule is CCCCCCCCCCCCCC(=O)O[C@H](COC(=O)CCCCCCCCCC(C)C)COP(=O)(O)OC[C@@H](O)COP(=O)(O)OC[C@@H](COC(=O)CCCCCCC)OC(=O)CCCCCCCCCCCC. The van der Waals surface area contributed by atoms with E-state index in [-0.39, 0.29) is 25.7 Å². The van der Waals surface area contributed by atoms with Crippen molar-refractivity contribution in [2.75, 3.05) is 39.6 Å². The van der Waals surface area contributed by atoms with E-state index in [4.69, 9.17) is 37.0 Å². The van der Waals surface area contributed by atoms with Crippen LogP contribution in [0.4, 0.5) is 0 Å². The summed E-state index contributed by atoms with van der Waals surface area (Å²) in [6, 6.07) is 0. The predicted molar refractivity (Wildman–Crippen MR) is 298 cm³/mol. The number of phosphoric ester groups is 2. The molecule has 0 heterocycles. The van der Waals surface area contributed by atoms with Crippen molar-refractivity contribution in [3.05, 3.63) is 0 Å². The fourth-order valence-electron chi connectivity index (χ4n) is 8.34. The van der Waals surface area contributed by atoms with Crippen molar-refractivity contribution in [2.24, 2.45) is 5.92 Å². The van der Waals surface area contributed by atoms with Gasteiger partial charge in [-0.15, -0.1) is 0 Å². The summed E-state index contributed by atoms with van der Waals surface area (Å²) < 4.78 is 67.5. The van der Waals surface area contributed by atoms with Gasteiger partial charge in [-0.3, -0.25) is 37.3 Å². The van der Waals surface area contributed by atoms with Gasteiger partial charge in [0, 0.05) is 25.7 Å². The number of hydrogen-bond acceptors (Lipinski definition) is 15. The van der Waals surface area contributed by atoms with Crippen molar-refractivity contribution in [1.82, 2.24) is 0 Å². The number of phosphoric acid groups is 2. The van der Waals surface area contributed by atoms with E-state index in [1.165, 1.54) is 89.9 Å². The minimum Gasteiger partial charge on any atom is -0.462 e. The molecule has 0 fully saturated rings. The highest BCUT2D eigenvalue weighted by Gasteiger charge is 2.30. The van der Waals surface area contributed by atoms with Crippen LogP contribution in [0.3, 0.4) is 0 Å². The van der Waals surface area contributed by atoms with Gasteiger partial charge in [0.2, 0.25) is 0 Å². The predicted octanol–water partition coefficient (Wildman–Crippen LogP) is 15.1. The third-order valence-electron chi connectivity index (χ3n) is 13.0. The smallest absolute Gasteiger partial charge is 0.462 e. The third kappa shape index (κ3) is 51.5. The van der Waals surface area contributed by atoms with Crippen LogP contribution in [0, 0.1) is 5.92 Å². The van der Waals surface area contributed by atoms with E-state index in [0.29, 0.717) is 31.6 Å². The molecule has 450 valence electrons. The average Bonchev–Trinajstić information content (AvgIpc) is 3.38. The van der Waals surface area contributed by atoms with Gasteiger partial charge < -0.3 is 33.8 Å². The lowest BCUT2D eigenvalue weighted by atomic mass is 10.0. The highest BCUT2D eigenvalue weighted by Crippen LogP contribution is 2.45. The van der Waals surface area contributed by atoms with Crippen LogP contribution in [-0.4, -0.2) is 96.7 Å². The lowest BCUT2D eigenvalue weighted by Gasteiger charge is -2.21. The maximum absolute atomic E-state index is 12.9. The number of aliphatic hydroxyl groups excluding tert-OH is 1. The third-order valence-corrected chi connectivity index (χ3v) is 14.9. The molecule has 0 aliphatic rings. The van der Waals surface area contributed by atoms with Gasteiger partial charge in [0.1, 0.15) is 19.3 Å². The summed E-state index contributed by atoms with van der Waals surface area (Å²) in [6.07, 6.45) is 32.4. The Hall–Kier alpha value is -1.94. The first-order valence-corrected chi connectivity index (χ1v) is 33.1. The highest BCUT2D eigenvalue weighted by molar-refractivity contribution is 7.47. The fraction of sp³-hybridized carbons (Fsp3) is 0.930. The molecule has 3 N–H and O–H groups in total. The Morgan fingerprint density at radius 2 is 0.605 bits per heavy atom. The van der Waals surface area contributed by atoms with Gasteiger partial charge >= 0.3 is 39.5 Å². The number of esters is 4. The molecular formula is C57H110O17P2. The quantitative estimate of drug-likeness (QED) is 0.0222. The number of rotatable bonds is 57. The second-order valence-electron chi connectivity index (χ2n) is 21.2. The summed E-state index contributed by atoms with van der Waals surface area (Å²) in [4.78, 5) is 71.6. The number of hydrogen-bond donors (Lipinski definition) is 3. The summed E-state index contributed by atoms with van der Waals surface area (Å²) in [7, 11) is -9.86. The van der Waals surface area contributed by atoms with Crippen molar-refractivity contribution < 1.29 is 80.2 Å². The summed E-state index contributed by atoms with van der Waals surface area (Å²) in [6.45, 7) is 6.98. The maximum Gasteiger partial charge on any atom is 0.472 e. The molecule has 76 heavy (non-hydrogen) atoms. The van der Waals surface area contributed by atoms with Gasteiger partial charge in [0.25, 0.3) is 0 Å². The summed E-state index contributed by atoms with van der Waals surface area (Å²) in [5.74, 6) is -1.45. The summed E-state index contributed by atoms with van der Waals surface area (Å²) in [5, 5.41) is 10.5. The van der Waals surface area contributed by atoms with Gasteiger partial charge in [-0.1, -0.05) is 227 Å². The van der Waals surface area contributed by atoms with Crippen LogP contribution in [0.1, 0.15) is 279 Å². The molecule has 0 bridgehead atoms. The molecule has 0 radical (unpaired) electrons. The molecule has 17 nitrogen and oxygen atoms in total. The zero-order valence-corrected chi connectivity index (χ0v) is 50.2. The highest BCUT2D eigenvalue weighted by atomic mass is 31.2. The Kier molecular flexibility index (Phi) is 49.9. The first kappa shape index (κ1) is 74.1. The molecule has 0 saturated heterocycles. The van der Waals surface area contributed by atoms with Gasteiger partial charge in [-0.25, -0.2) is 9.13 Å². The van der Waals surface area contributed by atoms with Gasteiger partial charge in [0.15, 0.2) is 12.2 Å². The molecule has 0 aromatic carbocycles. The van der Waals surface area contributed by atoms with E-state index >= 15 is 0 Å². The Morgan fingerprint density at radius 1 is 0.355 bits per heavy atom. The van der Waals surface area contributed by atoms with Gasteiger partial charge in [0.05, 0.1) is 26.4 Å². The summed E-state index contributed by atoms with van der Waals surface area (Å²) >= 11 is 0. The molecule has 19 heteroatoms. The van der Waals surface area contributed by atoms with Crippen LogP contribution in [0.2, 0.25) is 0 Å². The Morgan fingerprint density at radius 3 is 0.895 bits per heavy atom. The lowest BCUT2D eigenvalue weighted by molar-refractivity contribution is -0.161. The molecule has 0 spiro atoms. The Bertz CT molecular complexity index is 1500. The summed E-state index contributed by atoms with van der Waals surface area (Å²) in [5.41, 5.74) is 0. The van der Waals surface area contributed by atoms with E-state index in [1.807, 2.05) is 0 Å². The Labute approximate surface area is 460 Å². The standard InChI is InChI=1S/C57H110O17P2/c1-6-9-12-15-17-19-21-23-27-33-38-43-57(62)74-53(47-68-55(60)41-36-31-28-24-25-30-34-39-50(4)5)49-72-76(65,66)70-45-51(58)44-69-75(63,64)71-48-52(46-67-54(59)40-35-29-14-11-8-3)73-56(61)42-37-32-26-22-20-18-16-13-10-7-2/h50-53,58H,6-49H2,1-5H3,(H,63,64)(H,65,66)/t51-,52+,53+/m0/s1. The number of aliphatic hydroxyl groups is 1. The van der Waals surface area contributed by atoms with Crippen LogP contribution >= 0.6 is 15.6 Å². The van der Waals surface area contributed by atoms with E-state index in [2.05, 4.69) is 34.6 Å². The minimum absolute atomic E-state index is 0.105. The topological polar surface area (TPSA) is 237 Å². The van der Waals surface area contributed by atoms with E-state index in [1.54, 1.807) is 0 Å². The van der Waals surface area contributed by atoms with E-state index in [9.17, 15) is 43.2 Å². The normalized spacial score (nSPS) is 14.4. The fourth-order valence-corrected chi connectivity index (χ4v) is 9.92. The molecule has 0 aromatic heterocycles. The average molecular weight is 1130 g/mol. The number of unbranched alkanes of at least 4 members (excludes halogenated alkanes) is 29. The molecule has 0 aliphatic heterocycles. The van der Waals surface area contributed by atoms with Crippen LogP contribution in [0.15, 0.2) is 0 Å². The largest absolute Gasteiger partial charge is 0.472 e. The molecule has 0 saturated carbocycles. The van der Waals surface area contributed by atoms with Crippen molar-refractivity contribution in [1.29, 1.82) is 0 Å². The zero-order valence-electron chi connectivity index (χ0n) is 48.4. The van der Waals surface area contributed by atoms with Crippen molar-refractivity contribution in [3.63, 3.8) is 0 Å². The monoisotopic (exact) mass is 1130 g/mol. The molecule has 0 rings (SSSR count). The van der Waals surface area contributed by atoms with Crippen LogP contribution in [0.5, 0.6) is 0 Å².